The van der Waals surface area contributed by atoms with E-state index in [4.69, 9.17) is 17.0 Å². The van der Waals surface area contributed by atoms with Gasteiger partial charge in [0.2, 0.25) is 5.88 Å². The quantitative estimate of drug-likeness (QED) is 0.923. The molecule has 2 rings (SSSR count). The molecule has 1 fully saturated rings. The SMILES string of the molecule is [2H]C1OC(C)(C)OC([2H])C1=CNc1ccnc(OC)c1Br. The summed E-state index contributed by atoms with van der Waals surface area (Å²) in [5, 5.41) is 3.02. The maximum atomic E-state index is 7.93. The van der Waals surface area contributed by atoms with E-state index in [-0.39, 0.29) is 0 Å². The van der Waals surface area contributed by atoms with E-state index >= 15 is 0 Å². The molecular formula is C13H17BrN2O3. The van der Waals surface area contributed by atoms with Crippen molar-refractivity contribution in [3.8, 4) is 5.88 Å². The lowest BCUT2D eigenvalue weighted by atomic mass is 10.2. The maximum absolute atomic E-state index is 7.93. The molecule has 0 spiro atoms. The van der Waals surface area contributed by atoms with Crippen molar-refractivity contribution in [2.45, 2.75) is 19.6 Å². The second kappa shape index (κ2) is 5.90. The molecule has 19 heavy (non-hydrogen) atoms. The number of ether oxygens (including phenoxy) is 3. The third kappa shape index (κ3) is 3.68. The minimum atomic E-state index is -0.953. The van der Waals surface area contributed by atoms with E-state index in [1.54, 1.807) is 32.3 Å². The van der Waals surface area contributed by atoms with Gasteiger partial charge in [-0.1, -0.05) is 0 Å². The molecule has 0 aromatic carbocycles. The summed E-state index contributed by atoms with van der Waals surface area (Å²) < 4.78 is 32.4. The Kier molecular flexibility index (Phi) is 3.63. The third-order valence-corrected chi connectivity index (χ3v) is 3.17. The highest BCUT2D eigenvalue weighted by atomic mass is 79.9. The molecule has 2 atom stereocenters. The minimum absolute atomic E-state index is 0.386. The van der Waals surface area contributed by atoms with Crippen molar-refractivity contribution in [3.63, 3.8) is 0 Å². The van der Waals surface area contributed by atoms with Gasteiger partial charge in [-0.2, -0.15) is 0 Å². The Hall–Kier alpha value is -1.11. The molecule has 0 saturated carbocycles. The number of anilines is 1. The Morgan fingerprint density at radius 2 is 2.21 bits per heavy atom. The van der Waals surface area contributed by atoms with Crippen LogP contribution in [-0.4, -0.2) is 31.0 Å². The standard InChI is InChI=1S/C13H17BrN2O3/c1-13(2)18-7-9(8-19-13)6-16-10-4-5-15-12(17-3)11(10)14/h4-6H,7-8H2,1-3H3,(H,15,16)/i7D,8D. The van der Waals surface area contributed by atoms with Crippen molar-refractivity contribution >= 4 is 21.6 Å². The van der Waals surface area contributed by atoms with Gasteiger partial charge in [0.25, 0.3) is 0 Å². The Morgan fingerprint density at radius 1 is 1.53 bits per heavy atom. The van der Waals surface area contributed by atoms with Gasteiger partial charge in [-0.05, 0) is 41.4 Å². The summed E-state index contributed by atoms with van der Waals surface area (Å²) in [6.45, 7) is 1.47. The molecule has 1 aliphatic rings. The Labute approximate surface area is 123 Å². The molecule has 0 radical (unpaired) electrons. The van der Waals surface area contributed by atoms with Crippen LogP contribution in [0.2, 0.25) is 0 Å². The molecule has 2 heterocycles. The number of nitrogens with zero attached hydrogens (tertiary/aromatic N) is 1. The van der Waals surface area contributed by atoms with Crippen LogP contribution in [0.5, 0.6) is 5.88 Å². The normalized spacial score (nSPS) is 27.3. The van der Waals surface area contributed by atoms with Crippen molar-refractivity contribution < 1.29 is 17.0 Å². The van der Waals surface area contributed by atoms with E-state index in [0.29, 0.717) is 21.6 Å². The first-order chi connectivity index (χ1) is 9.84. The Morgan fingerprint density at radius 3 is 2.84 bits per heavy atom. The highest BCUT2D eigenvalue weighted by Gasteiger charge is 2.24. The molecule has 6 heteroatoms. The van der Waals surface area contributed by atoms with Gasteiger partial charge < -0.3 is 19.5 Å². The van der Waals surface area contributed by atoms with Gasteiger partial charge in [0.05, 0.1) is 28.7 Å². The van der Waals surface area contributed by atoms with Gasteiger partial charge in [-0.25, -0.2) is 4.98 Å². The van der Waals surface area contributed by atoms with Crippen LogP contribution in [0.3, 0.4) is 0 Å². The van der Waals surface area contributed by atoms with Crippen molar-refractivity contribution in [1.82, 2.24) is 4.98 Å². The van der Waals surface area contributed by atoms with Crippen molar-refractivity contribution in [3.05, 3.63) is 28.5 Å². The summed E-state index contributed by atoms with van der Waals surface area (Å²) >= 11 is 3.38. The van der Waals surface area contributed by atoms with Gasteiger partial charge in [-0.3, -0.25) is 0 Å². The summed E-state index contributed by atoms with van der Waals surface area (Å²) in [6.07, 6.45) is 3.14. The Balaban J connectivity index is 2.18. The van der Waals surface area contributed by atoms with Crippen LogP contribution in [0.15, 0.2) is 28.5 Å². The lowest BCUT2D eigenvalue weighted by molar-refractivity contribution is -0.225. The number of hydrogen-bond donors (Lipinski definition) is 1. The van der Waals surface area contributed by atoms with Crippen LogP contribution in [0.1, 0.15) is 16.6 Å². The summed E-state index contributed by atoms with van der Waals surface area (Å²) in [7, 11) is 1.53. The van der Waals surface area contributed by atoms with E-state index < -0.39 is 19.0 Å². The largest absolute Gasteiger partial charge is 0.480 e. The Bertz CT molecular complexity index is 538. The summed E-state index contributed by atoms with van der Waals surface area (Å²) in [5.74, 6) is -0.489. The van der Waals surface area contributed by atoms with Crippen LogP contribution in [-0.2, 0) is 9.47 Å². The molecule has 0 amide bonds. The van der Waals surface area contributed by atoms with E-state index in [1.165, 1.54) is 7.11 Å². The fourth-order valence-corrected chi connectivity index (χ4v) is 1.89. The number of methoxy groups -OCH3 is 1. The van der Waals surface area contributed by atoms with Crippen LogP contribution in [0.25, 0.3) is 0 Å². The zero-order valence-corrected chi connectivity index (χ0v) is 12.5. The number of rotatable bonds is 3. The van der Waals surface area contributed by atoms with E-state index in [1.807, 2.05) is 0 Å². The first-order valence-electron chi connectivity index (χ1n) is 6.84. The maximum Gasteiger partial charge on any atom is 0.229 e. The zero-order chi connectivity index (χ0) is 15.6. The van der Waals surface area contributed by atoms with Gasteiger partial charge >= 0.3 is 0 Å². The fourth-order valence-electron chi connectivity index (χ4n) is 1.38. The topological polar surface area (TPSA) is 52.6 Å². The molecule has 1 aromatic heterocycles. The molecule has 5 nitrogen and oxygen atoms in total. The smallest absolute Gasteiger partial charge is 0.229 e. The highest BCUT2D eigenvalue weighted by Crippen LogP contribution is 2.30. The zero-order valence-electron chi connectivity index (χ0n) is 12.9. The third-order valence-electron chi connectivity index (χ3n) is 2.40. The molecule has 1 saturated heterocycles. The average Bonchev–Trinajstić information content (AvgIpc) is 2.38. The fraction of sp³-hybridized carbons (Fsp3) is 0.462. The molecule has 0 bridgehead atoms. The molecule has 1 aliphatic heterocycles. The average molecular weight is 331 g/mol. The van der Waals surface area contributed by atoms with Crippen LogP contribution in [0.4, 0.5) is 5.69 Å². The van der Waals surface area contributed by atoms with Crippen molar-refractivity contribution in [2.24, 2.45) is 0 Å². The number of aromatic nitrogens is 1. The second-order valence-corrected chi connectivity index (χ2v) is 5.13. The van der Waals surface area contributed by atoms with E-state index in [2.05, 4.69) is 26.2 Å². The van der Waals surface area contributed by atoms with Gasteiger partial charge in [0.15, 0.2) is 5.79 Å². The molecular weight excluding hydrogens is 312 g/mol. The first kappa shape index (κ1) is 11.7. The summed E-state index contributed by atoms with van der Waals surface area (Å²) in [6, 6.07) is 1.75. The van der Waals surface area contributed by atoms with Crippen LogP contribution in [0, 0.1) is 0 Å². The molecule has 104 valence electrons. The molecule has 1 N–H and O–H groups in total. The van der Waals surface area contributed by atoms with Gasteiger partial charge in [0, 0.05) is 12.4 Å². The first-order valence-corrected chi connectivity index (χ1v) is 6.48. The van der Waals surface area contributed by atoms with Crippen molar-refractivity contribution in [2.75, 3.05) is 25.6 Å². The van der Waals surface area contributed by atoms with Gasteiger partial charge in [-0.15, -0.1) is 0 Å². The predicted octanol–water partition coefficient (Wildman–Crippen LogP) is 2.93. The van der Waals surface area contributed by atoms with Gasteiger partial charge in [0.1, 0.15) is 4.47 Å². The van der Waals surface area contributed by atoms with Crippen LogP contribution >= 0.6 is 15.9 Å². The second-order valence-electron chi connectivity index (χ2n) is 4.34. The van der Waals surface area contributed by atoms with E-state index in [0.717, 1.165) is 0 Å². The highest BCUT2D eigenvalue weighted by molar-refractivity contribution is 9.10. The lowest BCUT2D eigenvalue weighted by Gasteiger charge is -2.31. The van der Waals surface area contributed by atoms with Crippen LogP contribution < -0.4 is 10.1 Å². The lowest BCUT2D eigenvalue weighted by Crippen LogP contribution is -2.35. The molecule has 1 aromatic rings. The summed E-state index contributed by atoms with van der Waals surface area (Å²) in [4.78, 5) is 4.05. The minimum Gasteiger partial charge on any atom is -0.480 e. The van der Waals surface area contributed by atoms with Crippen molar-refractivity contribution in [1.29, 1.82) is 0 Å². The van der Waals surface area contributed by atoms with E-state index in [9.17, 15) is 0 Å². The molecule has 0 aliphatic carbocycles. The monoisotopic (exact) mass is 330 g/mol. The molecule has 2 unspecified atom stereocenters. The number of hydrogen-bond acceptors (Lipinski definition) is 5. The number of halogens is 1. The number of pyridine rings is 1. The predicted molar refractivity (Wildman–Crippen MR) is 76.2 cm³/mol. The summed E-state index contributed by atoms with van der Waals surface area (Å²) in [5.41, 5.74) is 1.09. The number of nitrogens with one attached hydrogen (secondary N) is 1.